The van der Waals surface area contributed by atoms with E-state index in [9.17, 15) is 0 Å². The quantitative estimate of drug-likeness (QED) is 0.595. The highest BCUT2D eigenvalue weighted by molar-refractivity contribution is 9.09. The minimum atomic E-state index is 0.841. The van der Waals surface area contributed by atoms with Gasteiger partial charge in [-0.25, -0.2) is 0 Å². The predicted molar refractivity (Wildman–Crippen MR) is 60.8 cm³/mol. The molecule has 74 valence electrons. The van der Waals surface area contributed by atoms with Gasteiger partial charge in [-0.1, -0.05) is 56.5 Å². The van der Waals surface area contributed by atoms with Crippen LogP contribution in [-0.4, -0.2) is 5.33 Å². The summed E-state index contributed by atoms with van der Waals surface area (Å²) >= 11 is 3.63. The van der Waals surface area contributed by atoms with Crippen molar-refractivity contribution >= 4 is 15.9 Å². The second kappa shape index (κ2) is 6.94. The topological polar surface area (TPSA) is 0 Å². The molecule has 0 saturated carbocycles. The molecule has 0 aliphatic carbocycles. The monoisotopic (exact) mass is 234 g/mol. The number of hydrogen-bond donors (Lipinski definition) is 0. The Kier molecular flexibility index (Phi) is 7.22. The van der Waals surface area contributed by atoms with Crippen LogP contribution in [0.5, 0.6) is 0 Å². The van der Waals surface area contributed by atoms with Gasteiger partial charge < -0.3 is 0 Å². The summed E-state index contributed by atoms with van der Waals surface area (Å²) in [6.45, 7) is 9.25. The molecule has 0 N–H and O–H groups in total. The number of halogens is 1. The van der Waals surface area contributed by atoms with Crippen LogP contribution < -0.4 is 0 Å². The summed E-state index contributed by atoms with van der Waals surface area (Å²) in [4.78, 5) is 0. The fourth-order valence-electron chi connectivity index (χ4n) is 1.94. The molecule has 0 saturated heterocycles. The van der Waals surface area contributed by atoms with Gasteiger partial charge in [0, 0.05) is 5.33 Å². The maximum absolute atomic E-state index is 3.63. The van der Waals surface area contributed by atoms with Crippen LogP contribution >= 0.6 is 15.9 Å². The van der Waals surface area contributed by atoms with Gasteiger partial charge in [-0.2, -0.15) is 0 Å². The highest BCUT2D eigenvalue weighted by Crippen LogP contribution is 2.27. The van der Waals surface area contributed by atoms with Gasteiger partial charge in [-0.15, -0.1) is 0 Å². The second-order valence-corrected chi connectivity index (χ2v) is 4.77. The standard InChI is InChI=1S/C11H23Br/c1-5-10(6-2)11(8-12)7-9(3)4/h9-11H,5-8H2,1-4H3. The van der Waals surface area contributed by atoms with Gasteiger partial charge in [0.1, 0.15) is 0 Å². The van der Waals surface area contributed by atoms with E-state index in [1.54, 1.807) is 0 Å². The van der Waals surface area contributed by atoms with Crippen molar-refractivity contribution < 1.29 is 0 Å². The molecule has 0 fully saturated rings. The average Bonchev–Trinajstić information content (AvgIpc) is 2.04. The van der Waals surface area contributed by atoms with Crippen LogP contribution in [0.3, 0.4) is 0 Å². The normalized spacial score (nSPS) is 14.2. The Balaban J connectivity index is 3.92. The summed E-state index contributed by atoms with van der Waals surface area (Å²) in [6.07, 6.45) is 4.04. The molecule has 12 heavy (non-hydrogen) atoms. The molecule has 0 aromatic heterocycles. The lowest BCUT2D eigenvalue weighted by Gasteiger charge is -2.24. The average molecular weight is 235 g/mol. The molecule has 0 aliphatic heterocycles. The molecule has 1 atom stereocenters. The van der Waals surface area contributed by atoms with E-state index < -0.39 is 0 Å². The third-order valence-corrected chi connectivity index (χ3v) is 3.52. The number of alkyl halides is 1. The van der Waals surface area contributed by atoms with Crippen molar-refractivity contribution in [1.82, 2.24) is 0 Å². The Labute approximate surface area is 86.3 Å². The van der Waals surface area contributed by atoms with Gasteiger partial charge in [0.15, 0.2) is 0 Å². The maximum atomic E-state index is 3.63. The van der Waals surface area contributed by atoms with Crippen molar-refractivity contribution in [3.8, 4) is 0 Å². The molecule has 1 unspecified atom stereocenters. The van der Waals surface area contributed by atoms with E-state index in [1.165, 1.54) is 24.6 Å². The van der Waals surface area contributed by atoms with Crippen LogP contribution in [0.15, 0.2) is 0 Å². The van der Waals surface area contributed by atoms with Crippen LogP contribution in [0.25, 0.3) is 0 Å². The van der Waals surface area contributed by atoms with E-state index in [1.807, 2.05) is 0 Å². The summed E-state index contributed by atoms with van der Waals surface area (Å²) in [5.74, 6) is 2.65. The van der Waals surface area contributed by atoms with Crippen molar-refractivity contribution in [2.45, 2.75) is 47.0 Å². The first-order valence-electron chi connectivity index (χ1n) is 5.21. The molecular weight excluding hydrogens is 212 g/mol. The van der Waals surface area contributed by atoms with E-state index >= 15 is 0 Å². The van der Waals surface area contributed by atoms with Crippen molar-refractivity contribution in [1.29, 1.82) is 0 Å². The Morgan fingerprint density at radius 2 is 1.50 bits per heavy atom. The molecule has 0 nitrogen and oxygen atoms in total. The molecule has 0 aromatic carbocycles. The van der Waals surface area contributed by atoms with Gasteiger partial charge in [0.25, 0.3) is 0 Å². The zero-order valence-electron chi connectivity index (χ0n) is 8.94. The fourth-order valence-corrected chi connectivity index (χ4v) is 2.74. The highest BCUT2D eigenvalue weighted by Gasteiger charge is 2.17. The Morgan fingerprint density at radius 3 is 1.75 bits per heavy atom. The lowest BCUT2D eigenvalue weighted by molar-refractivity contribution is 0.295. The van der Waals surface area contributed by atoms with Gasteiger partial charge in [0.05, 0.1) is 0 Å². The minimum absolute atomic E-state index is 0.841. The molecule has 0 heterocycles. The molecular formula is C11H23Br. The summed E-state index contributed by atoms with van der Waals surface area (Å²) in [6, 6.07) is 0. The summed E-state index contributed by atoms with van der Waals surface area (Å²) in [7, 11) is 0. The lowest BCUT2D eigenvalue weighted by Crippen LogP contribution is -2.17. The first kappa shape index (κ1) is 12.5. The van der Waals surface area contributed by atoms with Crippen LogP contribution in [0, 0.1) is 17.8 Å². The largest absolute Gasteiger partial charge is 0.0925 e. The van der Waals surface area contributed by atoms with Gasteiger partial charge in [-0.3, -0.25) is 0 Å². The summed E-state index contributed by atoms with van der Waals surface area (Å²) < 4.78 is 0. The van der Waals surface area contributed by atoms with Crippen molar-refractivity contribution in [3.05, 3.63) is 0 Å². The SMILES string of the molecule is CCC(CC)C(CBr)CC(C)C. The van der Waals surface area contributed by atoms with Crippen molar-refractivity contribution in [2.75, 3.05) is 5.33 Å². The smallest absolute Gasteiger partial charge is 0.00624 e. The zero-order valence-corrected chi connectivity index (χ0v) is 10.5. The minimum Gasteiger partial charge on any atom is -0.0925 e. The first-order valence-corrected chi connectivity index (χ1v) is 6.33. The lowest BCUT2D eigenvalue weighted by atomic mass is 9.84. The maximum Gasteiger partial charge on any atom is 0.00624 e. The van der Waals surface area contributed by atoms with E-state index in [-0.39, 0.29) is 0 Å². The summed E-state index contributed by atoms with van der Waals surface area (Å²) in [5.41, 5.74) is 0. The zero-order chi connectivity index (χ0) is 9.56. The number of hydrogen-bond acceptors (Lipinski definition) is 0. The molecule has 0 spiro atoms. The predicted octanol–water partition coefficient (Wildman–Crippen LogP) is 4.48. The van der Waals surface area contributed by atoms with Gasteiger partial charge >= 0.3 is 0 Å². The van der Waals surface area contributed by atoms with E-state index in [0.717, 1.165) is 17.8 Å². The Bertz CT molecular complexity index is 95.2. The van der Waals surface area contributed by atoms with Gasteiger partial charge in [-0.05, 0) is 24.2 Å². The molecule has 0 aliphatic rings. The van der Waals surface area contributed by atoms with E-state index in [0.29, 0.717) is 0 Å². The molecule has 0 radical (unpaired) electrons. The molecule has 0 amide bonds. The Hall–Kier alpha value is 0.480. The molecule has 1 heteroatoms. The van der Waals surface area contributed by atoms with Crippen LogP contribution in [0.1, 0.15) is 47.0 Å². The van der Waals surface area contributed by atoms with Crippen LogP contribution in [0.2, 0.25) is 0 Å². The molecule has 0 rings (SSSR count). The third kappa shape index (κ3) is 4.49. The van der Waals surface area contributed by atoms with Gasteiger partial charge in [0.2, 0.25) is 0 Å². The van der Waals surface area contributed by atoms with Crippen LogP contribution in [-0.2, 0) is 0 Å². The van der Waals surface area contributed by atoms with Crippen LogP contribution in [0.4, 0.5) is 0 Å². The molecule has 0 bridgehead atoms. The first-order chi connectivity index (χ1) is 5.65. The summed E-state index contributed by atoms with van der Waals surface area (Å²) in [5, 5.41) is 1.18. The molecule has 0 aromatic rings. The fraction of sp³-hybridized carbons (Fsp3) is 1.00. The van der Waals surface area contributed by atoms with E-state index in [2.05, 4.69) is 43.6 Å². The van der Waals surface area contributed by atoms with E-state index in [4.69, 9.17) is 0 Å². The second-order valence-electron chi connectivity index (χ2n) is 4.12. The van der Waals surface area contributed by atoms with Crippen molar-refractivity contribution in [3.63, 3.8) is 0 Å². The van der Waals surface area contributed by atoms with Crippen molar-refractivity contribution in [2.24, 2.45) is 17.8 Å². The third-order valence-electron chi connectivity index (χ3n) is 2.69. The highest BCUT2D eigenvalue weighted by atomic mass is 79.9. The number of rotatable bonds is 6. The Morgan fingerprint density at radius 1 is 1.00 bits per heavy atom.